The van der Waals surface area contributed by atoms with Gasteiger partial charge in [0.05, 0.1) is 17.7 Å². The maximum atomic E-state index is 13.9. The number of sulfonamides is 1. The Labute approximate surface area is 225 Å². The summed E-state index contributed by atoms with van der Waals surface area (Å²) in [5, 5.41) is 2.76. The van der Waals surface area contributed by atoms with Crippen molar-refractivity contribution in [2.45, 2.75) is 45.2 Å². The van der Waals surface area contributed by atoms with E-state index in [-0.39, 0.29) is 23.0 Å². The van der Waals surface area contributed by atoms with E-state index in [1.54, 1.807) is 50.2 Å². The normalized spacial score (nSPS) is 11.9. The fourth-order valence-corrected chi connectivity index (χ4v) is 5.41. The molecule has 0 unspecified atom stereocenters. The lowest BCUT2D eigenvalue weighted by molar-refractivity contribution is -0.139. The molecular weight excluding hydrogens is 502 g/mol. The zero-order chi connectivity index (χ0) is 27.9. The maximum absolute atomic E-state index is 13.9. The van der Waals surface area contributed by atoms with Crippen LogP contribution in [0.3, 0.4) is 0 Å². The molecule has 0 fully saturated rings. The van der Waals surface area contributed by atoms with Gasteiger partial charge in [0.1, 0.15) is 18.3 Å². The summed E-state index contributed by atoms with van der Waals surface area (Å²) >= 11 is 0. The summed E-state index contributed by atoms with van der Waals surface area (Å²) in [5.74, 6) is -0.540. The number of methoxy groups -OCH3 is 1. The van der Waals surface area contributed by atoms with E-state index in [1.165, 1.54) is 24.1 Å². The number of carbonyl (C=O) groups excluding carboxylic acids is 2. The second-order valence-electron chi connectivity index (χ2n) is 9.07. The predicted molar refractivity (Wildman–Crippen MR) is 149 cm³/mol. The van der Waals surface area contributed by atoms with Crippen molar-refractivity contribution in [1.82, 2.24) is 10.2 Å². The first-order valence-corrected chi connectivity index (χ1v) is 13.9. The number of para-hydroxylation sites is 2. The number of rotatable bonds is 11. The van der Waals surface area contributed by atoms with Crippen LogP contribution >= 0.6 is 0 Å². The number of hydrogen-bond donors (Lipinski definition) is 1. The molecule has 0 radical (unpaired) electrons. The van der Waals surface area contributed by atoms with Crippen molar-refractivity contribution in [1.29, 1.82) is 0 Å². The number of carbonyl (C=O) groups is 2. The number of nitrogens with zero attached hydrogens (tertiary/aromatic N) is 2. The lowest BCUT2D eigenvalue weighted by atomic mass is 10.1. The largest absolute Gasteiger partial charge is 0.495 e. The fourth-order valence-electron chi connectivity index (χ4n) is 3.98. The van der Waals surface area contributed by atoms with Crippen molar-refractivity contribution < 1.29 is 22.7 Å². The Hall–Kier alpha value is -3.85. The highest BCUT2D eigenvalue weighted by Crippen LogP contribution is 2.32. The summed E-state index contributed by atoms with van der Waals surface area (Å²) in [7, 11) is -2.72. The van der Waals surface area contributed by atoms with Crippen LogP contribution in [0.4, 0.5) is 5.69 Å². The van der Waals surface area contributed by atoms with E-state index in [0.29, 0.717) is 12.3 Å². The van der Waals surface area contributed by atoms with Crippen molar-refractivity contribution in [2.24, 2.45) is 0 Å². The van der Waals surface area contributed by atoms with E-state index in [1.807, 2.05) is 38.1 Å². The SMILES string of the molecule is CCNC(=O)[C@H](C)N(Cc1ccc(C)cc1)C(=O)CN(c1ccccc1OC)S(=O)(=O)c1ccc(C)cc1. The number of hydrogen-bond acceptors (Lipinski definition) is 5. The number of benzene rings is 3. The highest BCUT2D eigenvalue weighted by molar-refractivity contribution is 7.92. The molecule has 1 atom stereocenters. The number of anilines is 1. The molecule has 38 heavy (non-hydrogen) atoms. The first-order chi connectivity index (χ1) is 18.1. The van der Waals surface area contributed by atoms with E-state index in [4.69, 9.17) is 4.74 Å². The van der Waals surface area contributed by atoms with Gasteiger partial charge >= 0.3 is 0 Å². The molecule has 0 saturated heterocycles. The van der Waals surface area contributed by atoms with Gasteiger partial charge in [-0.3, -0.25) is 13.9 Å². The van der Waals surface area contributed by atoms with Gasteiger partial charge in [-0.2, -0.15) is 0 Å². The number of ether oxygens (including phenoxy) is 1. The molecule has 0 aromatic heterocycles. The summed E-state index contributed by atoms with van der Waals surface area (Å²) in [5.41, 5.74) is 3.02. The molecule has 0 aliphatic carbocycles. The lowest BCUT2D eigenvalue weighted by Crippen LogP contribution is -2.51. The summed E-state index contributed by atoms with van der Waals surface area (Å²) in [6, 6.07) is 19.9. The van der Waals surface area contributed by atoms with Crippen molar-refractivity contribution in [3.05, 3.63) is 89.5 Å². The van der Waals surface area contributed by atoms with E-state index < -0.39 is 28.5 Å². The van der Waals surface area contributed by atoms with E-state index in [9.17, 15) is 18.0 Å². The maximum Gasteiger partial charge on any atom is 0.264 e. The van der Waals surface area contributed by atoms with Crippen molar-refractivity contribution >= 4 is 27.5 Å². The molecule has 202 valence electrons. The van der Waals surface area contributed by atoms with Crippen LogP contribution in [0.2, 0.25) is 0 Å². The molecule has 0 bridgehead atoms. The monoisotopic (exact) mass is 537 g/mol. The van der Waals surface area contributed by atoms with Crippen LogP contribution in [0.5, 0.6) is 5.75 Å². The van der Waals surface area contributed by atoms with Crippen LogP contribution in [0.25, 0.3) is 0 Å². The highest BCUT2D eigenvalue weighted by atomic mass is 32.2. The second kappa shape index (κ2) is 12.6. The number of likely N-dealkylation sites (N-methyl/N-ethyl adjacent to an activating group) is 1. The average molecular weight is 538 g/mol. The van der Waals surface area contributed by atoms with Gasteiger partial charge < -0.3 is 15.0 Å². The molecule has 8 nitrogen and oxygen atoms in total. The topological polar surface area (TPSA) is 96.0 Å². The number of aryl methyl sites for hydroxylation is 2. The predicted octanol–water partition coefficient (Wildman–Crippen LogP) is 4.06. The molecule has 0 spiro atoms. The zero-order valence-corrected chi connectivity index (χ0v) is 23.3. The molecule has 3 aromatic rings. The Kier molecular flexibility index (Phi) is 9.52. The van der Waals surface area contributed by atoms with Crippen LogP contribution in [0, 0.1) is 13.8 Å². The third-order valence-corrected chi connectivity index (χ3v) is 8.01. The zero-order valence-electron chi connectivity index (χ0n) is 22.5. The minimum absolute atomic E-state index is 0.0451. The third kappa shape index (κ3) is 6.72. The summed E-state index contributed by atoms with van der Waals surface area (Å²) < 4.78 is 34.3. The van der Waals surface area contributed by atoms with E-state index in [2.05, 4.69) is 5.32 Å². The Morgan fingerprint density at radius 1 is 0.921 bits per heavy atom. The van der Waals surface area contributed by atoms with Crippen molar-refractivity contribution in [2.75, 3.05) is 24.5 Å². The number of nitrogens with one attached hydrogen (secondary N) is 1. The van der Waals surface area contributed by atoms with E-state index >= 15 is 0 Å². The molecule has 1 N–H and O–H groups in total. The lowest BCUT2D eigenvalue weighted by Gasteiger charge is -2.32. The van der Waals surface area contributed by atoms with Gasteiger partial charge in [0.2, 0.25) is 11.8 Å². The first-order valence-electron chi connectivity index (χ1n) is 12.4. The van der Waals surface area contributed by atoms with Crippen molar-refractivity contribution in [3.63, 3.8) is 0 Å². The Balaban J connectivity index is 2.06. The van der Waals surface area contributed by atoms with Crippen LogP contribution in [0.1, 0.15) is 30.5 Å². The Bertz CT molecular complexity index is 1360. The number of amides is 2. The first kappa shape index (κ1) is 28.7. The van der Waals surface area contributed by atoms with Crippen LogP contribution in [-0.2, 0) is 26.2 Å². The minimum atomic E-state index is -4.16. The van der Waals surface area contributed by atoms with Crippen LogP contribution < -0.4 is 14.4 Å². The molecule has 9 heteroatoms. The highest BCUT2D eigenvalue weighted by Gasteiger charge is 2.33. The van der Waals surface area contributed by atoms with Gasteiger partial charge in [-0.05, 0) is 57.5 Å². The Morgan fingerprint density at radius 3 is 2.08 bits per heavy atom. The van der Waals surface area contributed by atoms with Crippen molar-refractivity contribution in [3.8, 4) is 5.75 Å². The quantitative estimate of drug-likeness (QED) is 0.398. The molecular formula is C29H35N3O5S. The third-order valence-electron chi connectivity index (χ3n) is 6.23. The molecule has 0 aliphatic rings. The summed E-state index contributed by atoms with van der Waals surface area (Å²) in [6.07, 6.45) is 0. The molecule has 0 aliphatic heterocycles. The standard InChI is InChI=1S/C29H35N3O5S/c1-6-30-29(34)23(4)31(19-24-15-11-21(2)12-16-24)28(33)20-32(26-9-7-8-10-27(26)37-5)38(35,36)25-17-13-22(3)14-18-25/h7-18,23H,6,19-20H2,1-5H3,(H,30,34)/t23-/m0/s1. The second-order valence-corrected chi connectivity index (χ2v) is 10.9. The van der Waals surface area contributed by atoms with E-state index in [0.717, 1.165) is 21.0 Å². The van der Waals surface area contributed by atoms with Gasteiger partial charge in [-0.1, -0.05) is 59.7 Å². The van der Waals surface area contributed by atoms with Gasteiger partial charge in [0.25, 0.3) is 10.0 Å². The molecule has 0 heterocycles. The van der Waals surface area contributed by atoms with Crippen LogP contribution in [-0.4, -0.2) is 51.4 Å². The summed E-state index contributed by atoms with van der Waals surface area (Å²) in [4.78, 5) is 28.1. The fraction of sp³-hybridized carbons (Fsp3) is 0.310. The Morgan fingerprint density at radius 2 is 1.50 bits per heavy atom. The smallest absolute Gasteiger partial charge is 0.264 e. The molecule has 3 rings (SSSR count). The van der Waals surface area contributed by atoms with Gasteiger partial charge in [-0.15, -0.1) is 0 Å². The van der Waals surface area contributed by atoms with Gasteiger partial charge in [-0.25, -0.2) is 8.42 Å². The summed E-state index contributed by atoms with van der Waals surface area (Å²) in [6.45, 7) is 7.29. The molecule has 3 aromatic carbocycles. The van der Waals surface area contributed by atoms with Gasteiger partial charge in [0, 0.05) is 13.1 Å². The van der Waals surface area contributed by atoms with Gasteiger partial charge in [0.15, 0.2) is 0 Å². The average Bonchev–Trinajstić information content (AvgIpc) is 2.91. The minimum Gasteiger partial charge on any atom is -0.495 e. The molecule has 2 amide bonds. The van der Waals surface area contributed by atoms with Crippen LogP contribution in [0.15, 0.2) is 77.7 Å². The molecule has 0 saturated carbocycles.